The highest BCUT2D eigenvalue weighted by Gasteiger charge is 2.31. The monoisotopic (exact) mass is 705 g/mol. The van der Waals surface area contributed by atoms with Crippen molar-refractivity contribution in [2.45, 2.75) is 25.9 Å². The fraction of sp³-hybridized carbons (Fsp3) is 0.263. The van der Waals surface area contributed by atoms with Crippen LogP contribution in [0.2, 0.25) is 0 Å². The number of carbonyl (C=O) groups is 4. The molecule has 4 aromatic carbocycles. The van der Waals surface area contributed by atoms with E-state index in [4.69, 9.17) is 4.74 Å². The number of anilines is 2. The Kier molecular flexibility index (Phi) is 11.1. The average Bonchev–Trinajstić information content (AvgIpc) is 3.14. The number of nitrogens with zero attached hydrogens (tertiary/aromatic N) is 2. The average molecular weight is 706 g/mol. The third kappa shape index (κ3) is 8.36. The minimum atomic E-state index is -4.50. The van der Waals surface area contributed by atoms with Crippen molar-refractivity contribution in [1.29, 1.82) is 0 Å². The molecule has 1 saturated heterocycles. The Morgan fingerprint density at radius 3 is 2.22 bits per heavy atom. The molecule has 0 unspecified atom stereocenters. The van der Waals surface area contributed by atoms with Crippen LogP contribution in [0, 0.1) is 11.7 Å². The van der Waals surface area contributed by atoms with Gasteiger partial charge in [0, 0.05) is 37.9 Å². The number of benzene rings is 4. The highest BCUT2D eigenvalue weighted by atomic mass is 19.4. The lowest BCUT2D eigenvalue weighted by atomic mass is 9.96. The van der Waals surface area contributed by atoms with Crippen molar-refractivity contribution >= 4 is 35.1 Å². The maximum absolute atomic E-state index is 14.5. The topological polar surface area (TPSA) is 105 Å². The molecule has 0 atom stereocenters. The first kappa shape index (κ1) is 36.6. The molecule has 0 spiro atoms. The Morgan fingerprint density at radius 2 is 1.59 bits per heavy atom. The standard InChI is InChI=1S/C38H35F4N3O6/c1-4-44(2)35(47)30-22-27(45-19-17-24(18-20-45)37(49)51-33-16-11-25(21-31(33)39)36(48)50-3)14-15-32(30)43-34(46)29-8-6-5-7-28(29)23-9-12-26(13-10-23)38(40,41)42/h5-16,21-22,24H,4,17-20H2,1-3H3,(H,43,46). The van der Waals surface area contributed by atoms with Crippen LogP contribution in [-0.4, -0.2) is 62.4 Å². The molecule has 1 aliphatic heterocycles. The fourth-order valence-electron chi connectivity index (χ4n) is 5.72. The van der Waals surface area contributed by atoms with Crippen LogP contribution >= 0.6 is 0 Å². The number of alkyl halides is 3. The second kappa shape index (κ2) is 15.4. The first-order valence-electron chi connectivity index (χ1n) is 16.1. The van der Waals surface area contributed by atoms with Crippen LogP contribution in [-0.2, 0) is 15.7 Å². The van der Waals surface area contributed by atoms with Gasteiger partial charge in [0.1, 0.15) is 0 Å². The van der Waals surface area contributed by atoms with E-state index in [9.17, 15) is 36.7 Å². The summed E-state index contributed by atoms with van der Waals surface area (Å²) in [7, 11) is 2.80. The van der Waals surface area contributed by atoms with Crippen molar-refractivity contribution in [1.82, 2.24) is 4.90 Å². The molecule has 51 heavy (non-hydrogen) atoms. The number of rotatable bonds is 9. The first-order valence-corrected chi connectivity index (χ1v) is 16.1. The van der Waals surface area contributed by atoms with E-state index in [2.05, 4.69) is 10.1 Å². The number of halogens is 4. The van der Waals surface area contributed by atoms with Crippen LogP contribution in [0.5, 0.6) is 5.75 Å². The molecule has 266 valence electrons. The summed E-state index contributed by atoms with van der Waals surface area (Å²) in [6.07, 6.45) is -3.73. The lowest BCUT2D eigenvalue weighted by Gasteiger charge is -2.33. The molecular weight excluding hydrogens is 670 g/mol. The van der Waals surface area contributed by atoms with Gasteiger partial charge in [0.05, 0.1) is 35.4 Å². The second-order valence-electron chi connectivity index (χ2n) is 11.9. The molecule has 1 heterocycles. The van der Waals surface area contributed by atoms with Gasteiger partial charge in [0.2, 0.25) is 0 Å². The number of methoxy groups -OCH3 is 1. The van der Waals surface area contributed by atoms with E-state index in [0.717, 1.165) is 18.2 Å². The molecule has 1 fully saturated rings. The van der Waals surface area contributed by atoms with E-state index >= 15 is 0 Å². The van der Waals surface area contributed by atoms with Crippen LogP contribution in [0.3, 0.4) is 0 Å². The summed E-state index contributed by atoms with van der Waals surface area (Å²) in [4.78, 5) is 55.2. The van der Waals surface area contributed by atoms with Gasteiger partial charge in [0.25, 0.3) is 11.8 Å². The van der Waals surface area contributed by atoms with Crippen molar-refractivity contribution < 1.29 is 46.2 Å². The third-order valence-electron chi connectivity index (χ3n) is 8.75. The van der Waals surface area contributed by atoms with E-state index < -0.39 is 41.3 Å². The van der Waals surface area contributed by atoms with Gasteiger partial charge in [-0.15, -0.1) is 0 Å². The van der Waals surface area contributed by atoms with Crippen molar-refractivity contribution in [3.8, 4) is 16.9 Å². The Hall–Kier alpha value is -5.72. The third-order valence-corrected chi connectivity index (χ3v) is 8.75. The van der Waals surface area contributed by atoms with Crippen LogP contribution < -0.4 is 15.0 Å². The second-order valence-corrected chi connectivity index (χ2v) is 11.9. The number of piperidine rings is 1. The molecule has 0 bridgehead atoms. The molecule has 1 N–H and O–H groups in total. The van der Waals surface area contributed by atoms with Crippen molar-refractivity contribution in [3.05, 3.63) is 113 Å². The molecule has 5 rings (SSSR count). The van der Waals surface area contributed by atoms with Gasteiger partial charge in [0.15, 0.2) is 11.6 Å². The number of hydrogen-bond acceptors (Lipinski definition) is 7. The van der Waals surface area contributed by atoms with Gasteiger partial charge in [-0.3, -0.25) is 14.4 Å². The Morgan fingerprint density at radius 1 is 0.902 bits per heavy atom. The van der Waals surface area contributed by atoms with Crippen LogP contribution in [0.1, 0.15) is 56.4 Å². The van der Waals surface area contributed by atoms with E-state index in [0.29, 0.717) is 49.3 Å². The van der Waals surface area contributed by atoms with Gasteiger partial charge in [-0.25, -0.2) is 9.18 Å². The molecule has 0 saturated carbocycles. The molecule has 13 heteroatoms. The Balaban J connectivity index is 1.31. The predicted molar refractivity (Wildman–Crippen MR) is 182 cm³/mol. The summed E-state index contributed by atoms with van der Waals surface area (Å²) in [5, 5.41) is 2.82. The number of nitrogens with one attached hydrogen (secondary N) is 1. The number of hydrogen-bond donors (Lipinski definition) is 1. The highest BCUT2D eigenvalue weighted by molar-refractivity contribution is 6.12. The van der Waals surface area contributed by atoms with Gasteiger partial charge in [-0.1, -0.05) is 30.3 Å². The van der Waals surface area contributed by atoms with E-state index in [-0.39, 0.29) is 34.0 Å². The van der Waals surface area contributed by atoms with Crippen LogP contribution in [0.15, 0.2) is 84.9 Å². The summed E-state index contributed by atoms with van der Waals surface area (Å²) < 4.78 is 63.8. The lowest BCUT2D eigenvalue weighted by Crippen LogP contribution is -2.38. The van der Waals surface area contributed by atoms with E-state index in [1.54, 1.807) is 49.5 Å². The lowest BCUT2D eigenvalue weighted by molar-refractivity contribution is -0.140. The molecule has 2 amide bonds. The molecule has 0 aromatic heterocycles. The molecule has 0 radical (unpaired) electrons. The number of amides is 2. The van der Waals surface area contributed by atoms with Crippen LogP contribution in [0.25, 0.3) is 11.1 Å². The van der Waals surface area contributed by atoms with Crippen molar-refractivity contribution in [3.63, 3.8) is 0 Å². The quantitative estimate of drug-likeness (QED) is 0.110. The number of ether oxygens (including phenoxy) is 2. The zero-order valence-electron chi connectivity index (χ0n) is 28.1. The predicted octanol–water partition coefficient (Wildman–Crippen LogP) is 7.46. The highest BCUT2D eigenvalue weighted by Crippen LogP contribution is 2.33. The number of carbonyl (C=O) groups excluding carboxylic acids is 4. The van der Waals surface area contributed by atoms with Crippen LogP contribution in [0.4, 0.5) is 28.9 Å². The largest absolute Gasteiger partial charge is 0.465 e. The molecule has 4 aromatic rings. The Labute approximate surface area is 291 Å². The number of esters is 2. The van der Waals surface area contributed by atoms with Gasteiger partial charge >= 0.3 is 18.1 Å². The summed E-state index contributed by atoms with van der Waals surface area (Å²) in [6.45, 7) is 3.05. The van der Waals surface area contributed by atoms with Gasteiger partial charge in [-0.05, 0) is 85.5 Å². The SMILES string of the molecule is CCN(C)C(=O)c1cc(N2CCC(C(=O)Oc3ccc(C(=O)OC)cc3F)CC2)ccc1NC(=O)c1ccccc1-c1ccc(C(F)(F)F)cc1. The summed E-state index contributed by atoms with van der Waals surface area (Å²) in [6, 6.07) is 19.5. The van der Waals surface area contributed by atoms with Crippen molar-refractivity contribution in [2.24, 2.45) is 5.92 Å². The van der Waals surface area contributed by atoms with Gasteiger partial charge < -0.3 is 24.6 Å². The first-order chi connectivity index (χ1) is 24.3. The molecule has 0 aliphatic carbocycles. The maximum atomic E-state index is 14.5. The summed E-state index contributed by atoms with van der Waals surface area (Å²) in [5.74, 6) is -3.90. The van der Waals surface area contributed by atoms with E-state index in [1.807, 2.05) is 11.8 Å². The normalized spacial score (nSPS) is 13.4. The molecular formula is C38H35F4N3O6. The summed E-state index contributed by atoms with van der Waals surface area (Å²) >= 11 is 0. The fourth-order valence-corrected chi connectivity index (χ4v) is 5.72. The molecule has 1 aliphatic rings. The maximum Gasteiger partial charge on any atom is 0.416 e. The Bertz CT molecular complexity index is 1940. The minimum Gasteiger partial charge on any atom is -0.465 e. The van der Waals surface area contributed by atoms with Gasteiger partial charge in [-0.2, -0.15) is 13.2 Å². The zero-order chi connectivity index (χ0) is 36.9. The summed E-state index contributed by atoms with van der Waals surface area (Å²) in [5.41, 5.74) is 1.37. The molecule has 9 nitrogen and oxygen atoms in total. The zero-order valence-corrected chi connectivity index (χ0v) is 28.1. The smallest absolute Gasteiger partial charge is 0.416 e. The van der Waals surface area contributed by atoms with E-state index in [1.165, 1.54) is 36.3 Å². The minimum absolute atomic E-state index is 0.0142. The van der Waals surface area contributed by atoms with Crippen molar-refractivity contribution in [2.75, 3.05) is 44.0 Å².